The fourth-order valence-corrected chi connectivity index (χ4v) is 3.35. The van der Waals surface area contributed by atoms with Crippen molar-refractivity contribution < 1.29 is 9.59 Å². The van der Waals surface area contributed by atoms with Crippen LogP contribution in [-0.4, -0.2) is 11.8 Å². The Hall–Kier alpha value is -1.84. The van der Waals surface area contributed by atoms with Crippen molar-refractivity contribution in [3.05, 3.63) is 24.3 Å². The van der Waals surface area contributed by atoms with Crippen LogP contribution in [0.1, 0.15) is 46.0 Å². The third kappa shape index (κ3) is 3.16. The van der Waals surface area contributed by atoms with Crippen molar-refractivity contribution >= 4 is 23.2 Å². The molecule has 2 aliphatic rings. The molecule has 4 nitrogen and oxygen atoms in total. The highest BCUT2D eigenvalue weighted by atomic mass is 16.2. The number of hydrogen-bond donors (Lipinski definition) is 2. The van der Waals surface area contributed by atoms with Crippen LogP contribution in [0.4, 0.5) is 11.4 Å². The first kappa shape index (κ1) is 15.1. The largest absolute Gasteiger partial charge is 0.326 e. The van der Waals surface area contributed by atoms with Gasteiger partial charge in [0.15, 0.2) is 0 Å². The van der Waals surface area contributed by atoms with Crippen molar-refractivity contribution in [2.75, 3.05) is 10.6 Å². The van der Waals surface area contributed by atoms with Gasteiger partial charge in [0.1, 0.15) is 0 Å². The van der Waals surface area contributed by atoms with Crippen molar-refractivity contribution in [3.63, 3.8) is 0 Å². The number of rotatable bonds is 5. The van der Waals surface area contributed by atoms with Crippen LogP contribution in [0.25, 0.3) is 0 Å². The molecule has 4 heteroatoms. The van der Waals surface area contributed by atoms with Crippen LogP contribution in [0, 0.1) is 17.3 Å². The van der Waals surface area contributed by atoms with E-state index in [4.69, 9.17) is 0 Å². The standard InChI is InChI=1S/C18H24N2O2/c1-12(2)10-16(21)19-13-4-6-14(7-5-13)20-17(22)15-11-18(15)8-3-9-18/h4-7,12,15H,3,8-11H2,1-2H3,(H,19,21)(H,20,22). The van der Waals surface area contributed by atoms with E-state index in [0.717, 1.165) is 17.8 Å². The third-order valence-electron chi connectivity index (χ3n) is 4.89. The molecule has 1 aromatic carbocycles. The summed E-state index contributed by atoms with van der Waals surface area (Å²) in [6, 6.07) is 7.36. The highest BCUT2D eigenvalue weighted by molar-refractivity contribution is 5.96. The van der Waals surface area contributed by atoms with E-state index < -0.39 is 0 Å². The van der Waals surface area contributed by atoms with Gasteiger partial charge in [-0.05, 0) is 54.9 Å². The van der Waals surface area contributed by atoms with E-state index in [1.165, 1.54) is 19.3 Å². The fraction of sp³-hybridized carbons (Fsp3) is 0.556. The minimum atomic E-state index is 0.0247. The van der Waals surface area contributed by atoms with Gasteiger partial charge < -0.3 is 10.6 Å². The quantitative estimate of drug-likeness (QED) is 0.869. The van der Waals surface area contributed by atoms with E-state index in [1.54, 1.807) is 0 Å². The van der Waals surface area contributed by atoms with Crippen LogP contribution < -0.4 is 10.6 Å². The Labute approximate surface area is 131 Å². The summed E-state index contributed by atoms with van der Waals surface area (Å²) in [5, 5.41) is 5.86. The van der Waals surface area contributed by atoms with Crippen molar-refractivity contribution in [3.8, 4) is 0 Å². The Morgan fingerprint density at radius 1 is 1.14 bits per heavy atom. The summed E-state index contributed by atoms with van der Waals surface area (Å²) in [5.74, 6) is 0.732. The summed E-state index contributed by atoms with van der Waals surface area (Å²) in [6.45, 7) is 4.04. The average Bonchev–Trinajstić information content (AvgIpc) is 3.16. The molecule has 2 fully saturated rings. The normalized spacial score (nSPS) is 21.3. The van der Waals surface area contributed by atoms with Gasteiger partial charge in [-0.2, -0.15) is 0 Å². The summed E-state index contributed by atoms with van der Waals surface area (Å²) in [6.07, 6.45) is 5.27. The Bertz CT molecular complexity index is 573. The molecule has 2 saturated carbocycles. The minimum Gasteiger partial charge on any atom is -0.326 e. The lowest BCUT2D eigenvalue weighted by molar-refractivity contribution is -0.118. The van der Waals surface area contributed by atoms with Gasteiger partial charge in [-0.1, -0.05) is 20.3 Å². The van der Waals surface area contributed by atoms with Crippen LogP contribution in [0.5, 0.6) is 0 Å². The highest BCUT2D eigenvalue weighted by Crippen LogP contribution is 2.65. The molecule has 2 aliphatic carbocycles. The summed E-state index contributed by atoms with van der Waals surface area (Å²) in [5.41, 5.74) is 1.92. The molecule has 0 saturated heterocycles. The fourth-order valence-electron chi connectivity index (χ4n) is 3.35. The van der Waals surface area contributed by atoms with E-state index in [0.29, 0.717) is 17.8 Å². The maximum atomic E-state index is 12.2. The van der Waals surface area contributed by atoms with E-state index in [9.17, 15) is 9.59 Å². The maximum Gasteiger partial charge on any atom is 0.228 e. The Kier molecular flexibility index (Phi) is 3.94. The first-order chi connectivity index (χ1) is 10.5. The predicted octanol–water partition coefficient (Wildman–Crippen LogP) is 3.80. The molecular formula is C18H24N2O2. The van der Waals surface area contributed by atoms with Gasteiger partial charge in [-0.25, -0.2) is 0 Å². The Morgan fingerprint density at radius 3 is 2.18 bits per heavy atom. The molecular weight excluding hydrogens is 276 g/mol. The van der Waals surface area contributed by atoms with Gasteiger partial charge in [0.2, 0.25) is 11.8 Å². The first-order valence-corrected chi connectivity index (χ1v) is 8.19. The molecule has 3 rings (SSSR count). The van der Waals surface area contributed by atoms with E-state index in [2.05, 4.69) is 10.6 Å². The van der Waals surface area contributed by atoms with Crippen molar-refractivity contribution in [1.29, 1.82) is 0 Å². The SMILES string of the molecule is CC(C)CC(=O)Nc1ccc(NC(=O)C2CC23CCC3)cc1. The molecule has 118 valence electrons. The summed E-state index contributed by atoms with van der Waals surface area (Å²) < 4.78 is 0. The van der Waals surface area contributed by atoms with Crippen LogP contribution in [0.2, 0.25) is 0 Å². The number of hydrogen-bond acceptors (Lipinski definition) is 2. The second-order valence-corrected chi connectivity index (χ2v) is 7.19. The minimum absolute atomic E-state index is 0.0247. The monoisotopic (exact) mass is 300 g/mol. The molecule has 1 unspecified atom stereocenters. The van der Waals surface area contributed by atoms with Gasteiger partial charge in [0, 0.05) is 23.7 Å². The number of benzene rings is 1. The Morgan fingerprint density at radius 2 is 1.73 bits per heavy atom. The number of nitrogens with one attached hydrogen (secondary N) is 2. The summed E-state index contributed by atoms with van der Waals surface area (Å²) >= 11 is 0. The molecule has 1 aromatic rings. The second-order valence-electron chi connectivity index (χ2n) is 7.19. The zero-order valence-corrected chi connectivity index (χ0v) is 13.3. The third-order valence-corrected chi connectivity index (χ3v) is 4.89. The predicted molar refractivity (Wildman–Crippen MR) is 87.5 cm³/mol. The van der Waals surface area contributed by atoms with Gasteiger partial charge in [0.05, 0.1) is 0 Å². The van der Waals surface area contributed by atoms with E-state index >= 15 is 0 Å². The second kappa shape index (κ2) is 5.75. The number of amides is 2. The smallest absolute Gasteiger partial charge is 0.228 e. The Balaban J connectivity index is 1.51. The first-order valence-electron chi connectivity index (χ1n) is 8.19. The van der Waals surface area contributed by atoms with E-state index in [-0.39, 0.29) is 17.7 Å². The topological polar surface area (TPSA) is 58.2 Å². The molecule has 22 heavy (non-hydrogen) atoms. The zero-order chi connectivity index (χ0) is 15.7. The van der Waals surface area contributed by atoms with Gasteiger partial charge in [-0.3, -0.25) is 9.59 Å². The van der Waals surface area contributed by atoms with Crippen molar-refractivity contribution in [2.45, 2.75) is 46.0 Å². The molecule has 2 N–H and O–H groups in total. The van der Waals surface area contributed by atoms with Crippen molar-refractivity contribution in [2.24, 2.45) is 17.3 Å². The summed E-state index contributed by atoms with van der Waals surface area (Å²) in [4.78, 5) is 23.9. The molecule has 0 radical (unpaired) electrons. The molecule has 0 heterocycles. The molecule has 0 aliphatic heterocycles. The van der Waals surface area contributed by atoms with Gasteiger partial charge >= 0.3 is 0 Å². The van der Waals surface area contributed by atoms with E-state index in [1.807, 2.05) is 38.1 Å². The van der Waals surface area contributed by atoms with Crippen LogP contribution in [0.15, 0.2) is 24.3 Å². The lowest BCUT2D eigenvalue weighted by Crippen LogP contribution is -2.23. The van der Waals surface area contributed by atoms with Crippen LogP contribution in [-0.2, 0) is 9.59 Å². The highest BCUT2D eigenvalue weighted by Gasteiger charge is 2.60. The zero-order valence-electron chi connectivity index (χ0n) is 13.3. The molecule has 2 amide bonds. The number of carbonyl (C=O) groups is 2. The van der Waals surface area contributed by atoms with Crippen LogP contribution in [0.3, 0.4) is 0 Å². The lowest BCUT2D eigenvalue weighted by Gasteiger charge is -2.26. The van der Waals surface area contributed by atoms with Crippen LogP contribution >= 0.6 is 0 Å². The number of anilines is 2. The molecule has 1 atom stereocenters. The molecule has 0 aromatic heterocycles. The number of carbonyl (C=O) groups excluding carboxylic acids is 2. The maximum absolute atomic E-state index is 12.2. The van der Waals surface area contributed by atoms with Crippen molar-refractivity contribution in [1.82, 2.24) is 0 Å². The molecule has 1 spiro atoms. The lowest BCUT2D eigenvalue weighted by atomic mass is 9.79. The average molecular weight is 300 g/mol. The summed E-state index contributed by atoms with van der Waals surface area (Å²) in [7, 11) is 0. The van der Waals surface area contributed by atoms with Gasteiger partial charge in [0.25, 0.3) is 0 Å². The molecule has 0 bridgehead atoms. The van der Waals surface area contributed by atoms with Gasteiger partial charge in [-0.15, -0.1) is 0 Å².